The van der Waals surface area contributed by atoms with Crippen molar-refractivity contribution in [1.82, 2.24) is 15.1 Å². The third-order valence-corrected chi connectivity index (χ3v) is 4.32. The van der Waals surface area contributed by atoms with E-state index >= 15 is 0 Å². The maximum Gasteiger partial charge on any atom is 0.317 e. The number of hydrogen-bond acceptors (Lipinski definition) is 4. The summed E-state index contributed by atoms with van der Waals surface area (Å²) >= 11 is 1.61. The zero-order chi connectivity index (χ0) is 15.2. The Kier molecular flexibility index (Phi) is 5.58. The number of urea groups is 1. The Bertz CT molecular complexity index is 478. The molecule has 2 heterocycles. The van der Waals surface area contributed by atoms with Gasteiger partial charge in [0.2, 0.25) is 0 Å². The van der Waals surface area contributed by atoms with Gasteiger partial charge in [0.05, 0.1) is 12.6 Å². The van der Waals surface area contributed by atoms with Gasteiger partial charge in [-0.3, -0.25) is 9.69 Å². The van der Waals surface area contributed by atoms with Gasteiger partial charge in [-0.25, -0.2) is 4.79 Å². The van der Waals surface area contributed by atoms with Gasteiger partial charge in [-0.05, 0) is 35.7 Å². The highest BCUT2D eigenvalue weighted by atomic mass is 32.1. The normalized spacial score (nSPS) is 18.0. The number of carbonyl (C=O) groups is 2. The van der Waals surface area contributed by atoms with Crippen LogP contribution in [-0.4, -0.2) is 59.6 Å². The molecule has 0 aliphatic carbocycles. The molecule has 1 aliphatic rings. The van der Waals surface area contributed by atoms with Crippen LogP contribution in [0.15, 0.2) is 16.8 Å². The average molecular weight is 311 g/mol. The molecule has 7 heteroatoms. The Morgan fingerprint density at radius 1 is 1.38 bits per heavy atom. The second-order valence-electron chi connectivity index (χ2n) is 5.24. The Balaban J connectivity index is 1.84. The van der Waals surface area contributed by atoms with Crippen LogP contribution >= 0.6 is 11.3 Å². The fourth-order valence-corrected chi connectivity index (χ4v) is 3.16. The molecular weight excluding hydrogens is 290 g/mol. The highest BCUT2D eigenvalue weighted by Gasteiger charge is 2.21. The maximum atomic E-state index is 12.3. The molecule has 0 spiro atoms. The van der Waals surface area contributed by atoms with Crippen LogP contribution in [0.2, 0.25) is 0 Å². The van der Waals surface area contributed by atoms with Gasteiger partial charge in [-0.1, -0.05) is 0 Å². The SMILES string of the molecule is CC(NC(=O)N1CCCN(CC(=O)O)CC1)c1ccsc1. The Labute approximate surface area is 128 Å². The smallest absolute Gasteiger partial charge is 0.317 e. The van der Waals surface area contributed by atoms with Gasteiger partial charge < -0.3 is 15.3 Å². The largest absolute Gasteiger partial charge is 0.480 e. The van der Waals surface area contributed by atoms with E-state index in [0.717, 1.165) is 18.5 Å². The molecule has 1 unspecified atom stereocenters. The second kappa shape index (κ2) is 7.42. The number of rotatable bonds is 4. The van der Waals surface area contributed by atoms with Crippen molar-refractivity contribution in [3.63, 3.8) is 0 Å². The van der Waals surface area contributed by atoms with Crippen molar-refractivity contribution in [2.45, 2.75) is 19.4 Å². The molecule has 0 radical (unpaired) electrons. The average Bonchev–Trinajstić information content (AvgIpc) is 2.86. The molecule has 1 aromatic rings. The van der Waals surface area contributed by atoms with E-state index in [4.69, 9.17) is 5.11 Å². The van der Waals surface area contributed by atoms with E-state index in [1.807, 2.05) is 28.7 Å². The molecule has 6 nitrogen and oxygen atoms in total. The fraction of sp³-hybridized carbons (Fsp3) is 0.571. The molecule has 0 aromatic carbocycles. The lowest BCUT2D eigenvalue weighted by molar-refractivity contribution is -0.138. The summed E-state index contributed by atoms with van der Waals surface area (Å²) in [6.45, 7) is 4.56. The molecule has 2 amide bonds. The van der Waals surface area contributed by atoms with E-state index in [0.29, 0.717) is 19.6 Å². The molecule has 1 aliphatic heterocycles. The minimum absolute atomic E-state index is 0.0119. The molecule has 116 valence electrons. The summed E-state index contributed by atoms with van der Waals surface area (Å²) in [4.78, 5) is 26.6. The van der Waals surface area contributed by atoms with Crippen molar-refractivity contribution >= 4 is 23.3 Å². The summed E-state index contributed by atoms with van der Waals surface area (Å²) in [5.74, 6) is -0.820. The number of aliphatic carboxylic acids is 1. The third-order valence-electron chi connectivity index (χ3n) is 3.62. The molecule has 1 saturated heterocycles. The topological polar surface area (TPSA) is 72.9 Å². The van der Waals surface area contributed by atoms with Crippen molar-refractivity contribution < 1.29 is 14.7 Å². The minimum atomic E-state index is -0.820. The summed E-state index contributed by atoms with van der Waals surface area (Å²) in [5, 5.41) is 15.8. The lowest BCUT2D eigenvalue weighted by Gasteiger charge is -2.23. The number of thiophene rings is 1. The monoisotopic (exact) mass is 311 g/mol. The highest BCUT2D eigenvalue weighted by Crippen LogP contribution is 2.16. The zero-order valence-electron chi connectivity index (χ0n) is 12.1. The zero-order valence-corrected chi connectivity index (χ0v) is 12.9. The van der Waals surface area contributed by atoms with Gasteiger partial charge in [0, 0.05) is 26.2 Å². The van der Waals surface area contributed by atoms with Crippen LogP contribution in [0, 0.1) is 0 Å². The second-order valence-corrected chi connectivity index (χ2v) is 6.02. The predicted octanol–water partition coefficient (Wildman–Crippen LogP) is 1.61. The Morgan fingerprint density at radius 2 is 2.19 bits per heavy atom. The Morgan fingerprint density at radius 3 is 2.86 bits per heavy atom. The van der Waals surface area contributed by atoms with Crippen molar-refractivity contribution in [2.24, 2.45) is 0 Å². The lowest BCUT2D eigenvalue weighted by atomic mass is 10.2. The molecule has 0 bridgehead atoms. The van der Waals surface area contributed by atoms with Gasteiger partial charge in [0.15, 0.2) is 0 Å². The van der Waals surface area contributed by atoms with Crippen LogP contribution in [0.1, 0.15) is 24.9 Å². The van der Waals surface area contributed by atoms with Crippen molar-refractivity contribution in [1.29, 1.82) is 0 Å². The van der Waals surface area contributed by atoms with Crippen molar-refractivity contribution in [3.05, 3.63) is 22.4 Å². The van der Waals surface area contributed by atoms with E-state index in [1.165, 1.54) is 0 Å². The van der Waals surface area contributed by atoms with Crippen LogP contribution < -0.4 is 5.32 Å². The number of carboxylic acid groups (broad SMARTS) is 1. The van der Waals surface area contributed by atoms with Crippen molar-refractivity contribution in [2.75, 3.05) is 32.7 Å². The van der Waals surface area contributed by atoms with Gasteiger partial charge in [0.1, 0.15) is 0 Å². The van der Waals surface area contributed by atoms with E-state index in [9.17, 15) is 9.59 Å². The fourth-order valence-electron chi connectivity index (χ4n) is 2.40. The summed E-state index contributed by atoms with van der Waals surface area (Å²) in [6, 6.07) is 1.92. The first-order valence-electron chi connectivity index (χ1n) is 7.08. The van der Waals surface area contributed by atoms with Crippen LogP contribution in [0.5, 0.6) is 0 Å². The molecule has 0 saturated carbocycles. The van der Waals surface area contributed by atoms with Crippen LogP contribution in [0.4, 0.5) is 4.79 Å². The first kappa shape index (κ1) is 15.8. The summed E-state index contributed by atoms with van der Waals surface area (Å²) in [5.41, 5.74) is 1.11. The number of carboxylic acids is 1. The lowest BCUT2D eigenvalue weighted by Crippen LogP contribution is -2.43. The first-order chi connectivity index (χ1) is 10.1. The standard InChI is InChI=1S/C14H21N3O3S/c1-11(12-3-8-21-10-12)15-14(20)17-5-2-4-16(6-7-17)9-13(18)19/h3,8,10-11H,2,4-7,9H2,1H3,(H,15,20)(H,18,19). The maximum absolute atomic E-state index is 12.3. The van der Waals surface area contributed by atoms with Gasteiger partial charge in [-0.2, -0.15) is 11.3 Å². The Hall–Kier alpha value is -1.60. The predicted molar refractivity (Wildman–Crippen MR) is 81.5 cm³/mol. The highest BCUT2D eigenvalue weighted by molar-refractivity contribution is 7.07. The quantitative estimate of drug-likeness (QED) is 0.886. The van der Waals surface area contributed by atoms with Gasteiger partial charge in [-0.15, -0.1) is 0 Å². The summed E-state index contributed by atoms with van der Waals surface area (Å²) < 4.78 is 0. The molecule has 1 aromatic heterocycles. The summed E-state index contributed by atoms with van der Waals surface area (Å²) in [7, 11) is 0. The van der Waals surface area contributed by atoms with E-state index < -0.39 is 5.97 Å². The molecular formula is C14H21N3O3S. The molecule has 2 rings (SSSR count). The molecule has 1 atom stereocenters. The number of hydrogen-bond donors (Lipinski definition) is 2. The molecule has 1 fully saturated rings. The van der Waals surface area contributed by atoms with Crippen LogP contribution in [0.3, 0.4) is 0 Å². The number of nitrogens with zero attached hydrogens (tertiary/aromatic N) is 2. The first-order valence-corrected chi connectivity index (χ1v) is 8.02. The van der Waals surface area contributed by atoms with E-state index in [1.54, 1.807) is 16.2 Å². The number of amides is 2. The minimum Gasteiger partial charge on any atom is -0.480 e. The van der Waals surface area contributed by atoms with E-state index in [-0.39, 0.29) is 18.6 Å². The molecule has 21 heavy (non-hydrogen) atoms. The molecule has 2 N–H and O–H groups in total. The van der Waals surface area contributed by atoms with Crippen LogP contribution in [-0.2, 0) is 4.79 Å². The summed E-state index contributed by atoms with van der Waals surface area (Å²) in [6.07, 6.45) is 0.799. The third kappa shape index (κ3) is 4.71. The van der Waals surface area contributed by atoms with Crippen LogP contribution in [0.25, 0.3) is 0 Å². The number of nitrogens with one attached hydrogen (secondary N) is 1. The van der Waals surface area contributed by atoms with E-state index in [2.05, 4.69) is 5.32 Å². The van der Waals surface area contributed by atoms with Crippen molar-refractivity contribution in [3.8, 4) is 0 Å². The van der Waals surface area contributed by atoms with Gasteiger partial charge >= 0.3 is 12.0 Å². The van der Waals surface area contributed by atoms with Gasteiger partial charge in [0.25, 0.3) is 0 Å². The number of carbonyl (C=O) groups excluding carboxylic acids is 1.